The smallest absolute Gasteiger partial charge is 0.188 e. The van der Waals surface area contributed by atoms with E-state index in [-0.39, 0.29) is 10.7 Å². The van der Waals surface area contributed by atoms with Crippen molar-refractivity contribution < 1.29 is 13.2 Å². The quantitative estimate of drug-likeness (QED) is 0.809. The lowest BCUT2D eigenvalue weighted by Crippen LogP contribution is -2.15. The van der Waals surface area contributed by atoms with Crippen molar-refractivity contribution in [1.82, 2.24) is 0 Å². The standard InChI is InChI=1S/C13H12O3S2/c1-10-4-2-5-11(8-10)18(15,16)9-12(14)13-6-3-7-17-13/h2-8H,9H2,1H3. The first-order valence-electron chi connectivity index (χ1n) is 5.35. The van der Waals surface area contributed by atoms with E-state index in [2.05, 4.69) is 0 Å². The lowest BCUT2D eigenvalue weighted by Gasteiger charge is -2.03. The molecule has 5 heteroatoms. The average Bonchev–Trinajstić information content (AvgIpc) is 2.82. The van der Waals surface area contributed by atoms with Crippen molar-refractivity contribution in [2.45, 2.75) is 11.8 Å². The van der Waals surface area contributed by atoms with E-state index in [1.165, 1.54) is 17.4 Å². The normalized spacial score (nSPS) is 11.4. The number of aryl methyl sites for hydroxylation is 1. The van der Waals surface area contributed by atoms with Crippen LogP contribution in [0.1, 0.15) is 15.2 Å². The molecule has 1 heterocycles. The number of hydrogen-bond donors (Lipinski definition) is 0. The maximum atomic E-state index is 12.1. The third kappa shape index (κ3) is 2.86. The van der Waals surface area contributed by atoms with Gasteiger partial charge in [0, 0.05) is 0 Å². The second-order valence-corrected chi connectivity index (χ2v) is 6.91. The summed E-state index contributed by atoms with van der Waals surface area (Å²) in [6.07, 6.45) is 0. The van der Waals surface area contributed by atoms with Crippen LogP contribution in [0.4, 0.5) is 0 Å². The molecule has 0 N–H and O–H groups in total. The monoisotopic (exact) mass is 280 g/mol. The molecule has 0 bridgehead atoms. The zero-order valence-electron chi connectivity index (χ0n) is 9.79. The maximum absolute atomic E-state index is 12.1. The van der Waals surface area contributed by atoms with Crippen LogP contribution in [0.3, 0.4) is 0 Å². The highest BCUT2D eigenvalue weighted by Gasteiger charge is 2.20. The van der Waals surface area contributed by atoms with Gasteiger partial charge in [-0.3, -0.25) is 4.79 Å². The summed E-state index contributed by atoms with van der Waals surface area (Å²) < 4.78 is 24.1. The first kappa shape index (κ1) is 13.0. The lowest BCUT2D eigenvalue weighted by atomic mass is 10.2. The minimum absolute atomic E-state index is 0.201. The average molecular weight is 280 g/mol. The van der Waals surface area contributed by atoms with Crippen molar-refractivity contribution in [3.05, 3.63) is 52.2 Å². The number of sulfone groups is 1. The number of rotatable bonds is 4. The van der Waals surface area contributed by atoms with E-state index in [0.717, 1.165) is 5.56 Å². The molecule has 3 nitrogen and oxygen atoms in total. The summed E-state index contributed by atoms with van der Waals surface area (Å²) in [7, 11) is -3.55. The van der Waals surface area contributed by atoms with Crippen LogP contribution in [-0.2, 0) is 9.84 Å². The van der Waals surface area contributed by atoms with E-state index in [0.29, 0.717) is 4.88 Å². The molecule has 0 amide bonds. The Balaban J connectivity index is 2.25. The van der Waals surface area contributed by atoms with Gasteiger partial charge in [0.15, 0.2) is 15.6 Å². The van der Waals surface area contributed by atoms with Gasteiger partial charge < -0.3 is 0 Å². The molecule has 0 aliphatic rings. The second-order valence-electron chi connectivity index (χ2n) is 3.98. The van der Waals surface area contributed by atoms with Crippen molar-refractivity contribution >= 4 is 27.0 Å². The summed E-state index contributed by atoms with van der Waals surface area (Å²) in [5, 5.41) is 1.76. The fourth-order valence-corrected chi connectivity index (χ4v) is 3.65. The molecule has 0 spiro atoms. The highest BCUT2D eigenvalue weighted by Crippen LogP contribution is 2.16. The highest BCUT2D eigenvalue weighted by atomic mass is 32.2. The van der Waals surface area contributed by atoms with Crippen LogP contribution in [0.5, 0.6) is 0 Å². The Morgan fingerprint density at radius 2 is 2.00 bits per heavy atom. The van der Waals surface area contributed by atoms with Gasteiger partial charge in [-0.25, -0.2) is 8.42 Å². The van der Waals surface area contributed by atoms with Gasteiger partial charge in [0.25, 0.3) is 0 Å². The predicted molar refractivity (Wildman–Crippen MR) is 71.9 cm³/mol. The highest BCUT2D eigenvalue weighted by molar-refractivity contribution is 7.92. The molecular weight excluding hydrogens is 268 g/mol. The predicted octanol–water partition coefficient (Wildman–Crippen LogP) is 2.71. The fourth-order valence-electron chi connectivity index (χ4n) is 1.57. The van der Waals surface area contributed by atoms with E-state index in [1.807, 2.05) is 13.0 Å². The largest absolute Gasteiger partial charge is 0.292 e. The number of Topliss-reactive ketones (excluding diaryl/α,β-unsaturated/α-hetero) is 1. The molecule has 0 fully saturated rings. The first-order valence-corrected chi connectivity index (χ1v) is 7.88. The van der Waals surface area contributed by atoms with Crippen LogP contribution >= 0.6 is 11.3 Å². The summed E-state index contributed by atoms with van der Waals surface area (Å²) in [6.45, 7) is 1.82. The van der Waals surface area contributed by atoms with Gasteiger partial charge in [0.2, 0.25) is 0 Å². The SMILES string of the molecule is Cc1cccc(S(=O)(=O)CC(=O)c2cccs2)c1. The summed E-state index contributed by atoms with van der Waals surface area (Å²) in [5.41, 5.74) is 0.861. The fraction of sp³-hybridized carbons (Fsp3) is 0.154. The van der Waals surface area contributed by atoms with Gasteiger partial charge in [0.05, 0.1) is 9.77 Å². The van der Waals surface area contributed by atoms with Crippen LogP contribution in [0, 0.1) is 6.92 Å². The Morgan fingerprint density at radius 3 is 2.61 bits per heavy atom. The molecule has 0 aliphatic heterocycles. The third-order valence-corrected chi connectivity index (χ3v) is 4.99. The van der Waals surface area contributed by atoms with Crippen molar-refractivity contribution in [3.8, 4) is 0 Å². The topological polar surface area (TPSA) is 51.2 Å². The number of hydrogen-bond acceptors (Lipinski definition) is 4. The first-order chi connectivity index (χ1) is 8.49. The van der Waals surface area contributed by atoms with E-state index >= 15 is 0 Å². The van der Waals surface area contributed by atoms with Gasteiger partial charge in [-0.05, 0) is 36.1 Å². The van der Waals surface area contributed by atoms with Crippen LogP contribution in [-0.4, -0.2) is 20.0 Å². The van der Waals surface area contributed by atoms with E-state index in [1.54, 1.807) is 29.6 Å². The Bertz CT molecular complexity index is 655. The van der Waals surface area contributed by atoms with Crippen LogP contribution < -0.4 is 0 Å². The Labute approximate surface area is 110 Å². The Hall–Kier alpha value is -1.46. The summed E-state index contributed by atoms with van der Waals surface area (Å²) in [4.78, 5) is 12.5. The van der Waals surface area contributed by atoms with E-state index < -0.39 is 15.6 Å². The number of benzene rings is 1. The minimum Gasteiger partial charge on any atom is -0.292 e. The van der Waals surface area contributed by atoms with Crippen molar-refractivity contribution in [3.63, 3.8) is 0 Å². The molecule has 18 heavy (non-hydrogen) atoms. The Morgan fingerprint density at radius 1 is 1.22 bits per heavy atom. The van der Waals surface area contributed by atoms with Crippen molar-refractivity contribution in [1.29, 1.82) is 0 Å². The molecule has 1 aromatic carbocycles. The zero-order valence-corrected chi connectivity index (χ0v) is 11.4. The molecule has 0 atom stereocenters. The maximum Gasteiger partial charge on any atom is 0.188 e. The molecule has 0 aliphatic carbocycles. The van der Waals surface area contributed by atoms with Gasteiger partial charge >= 0.3 is 0 Å². The molecule has 1 aromatic heterocycles. The zero-order chi connectivity index (χ0) is 13.2. The van der Waals surface area contributed by atoms with E-state index in [9.17, 15) is 13.2 Å². The van der Waals surface area contributed by atoms with Gasteiger partial charge in [-0.15, -0.1) is 11.3 Å². The molecule has 94 valence electrons. The summed E-state index contributed by atoms with van der Waals surface area (Å²) >= 11 is 1.26. The molecule has 0 saturated carbocycles. The number of carbonyl (C=O) groups excluding carboxylic acids is 1. The molecular formula is C13H12O3S2. The van der Waals surface area contributed by atoms with Crippen LogP contribution in [0.2, 0.25) is 0 Å². The van der Waals surface area contributed by atoms with Crippen LogP contribution in [0.15, 0.2) is 46.7 Å². The second kappa shape index (κ2) is 5.04. The number of ketones is 1. The third-order valence-electron chi connectivity index (χ3n) is 2.47. The Kier molecular flexibility index (Phi) is 3.63. The molecule has 2 aromatic rings. The minimum atomic E-state index is -3.55. The summed E-state index contributed by atoms with van der Waals surface area (Å²) in [6, 6.07) is 9.97. The molecule has 2 rings (SSSR count). The molecule has 0 saturated heterocycles. The van der Waals surface area contributed by atoms with Gasteiger partial charge in [0.1, 0.15) is 5.75 Å². The van der Waals surface area contributed by atoms with Crippen molar-refractivity contribution in [2.24, 2.45) is 0 Å². The van der Waals surface area contributed by atoms with E-state index in [4.69, 9.17) is 0 Å². The number of carbonyl (C=O) groups is 1. The lowest BCUT2D eigenvalue weighted by molar-refractivity contribution is 0.102. The van der Waals surface area contributed by atoms with Gasteiger partial charge in [-0.1, -0.05) is 18.2 Å². The number of thiophene rings is 1. The van der Waals surface area contributed by atoms with Gasteiger partial charge in [-0.2, -0.15) is 0 Å². The van der Waals surface area contributed by atoms with Crippen molar-refractivity contribution in [2.75, 3.05) is 5.75 Å². The summed E-state index contributed by atoms with van der Waals surface area (Å²) in [5.74, 6) is -0.830. The van der Waals surface area contributed by atoms with Crippen LogP contribution in [0.25, 0.3) is 0 Å². The molecule has 0 unspecified atom stereocenters. The molecule has 0 radical (unpaired) electrons.